The van der Waals surface area contributed by atoms with Crippen molar-refractivity contribution in [3.63, 3.8) is 0 Å². The smallest absolute Gasteiger partial charge is 0.323 e. The molecule has 0 bridgehead atoms. The molecule has 0 saturated carbocycles. The van der Waals surface area contributed by atoms with Crippen LogP contribution in [0.3, 0.4) is 0 Å². The van der Waals surface area contributed by atoms with Gasteiger partial charge in [0.1, 0.15) is 12.4 Å². The van der Waals surface area contributed by atoms with Gasteiger partial charge in [0.2, 0.25) is 5.91 Å². The van der Waals surface area contributed by atoms with Crippen molar-refractivity contribution in [1.29, 1.82) is 0 Å². The fourth-order valence-electron chi connectivity index (χ4n) is 3.55. The predicted molar refractivity (Wildman–Crippen MR) is 128 cm³/mol. The van der Waals surface area contributed by atoms with E-state index in [-0.39, 0.29) is 18.5 Å². The fraction of sp³-hybridized carbons (Fsp3) is 0.160. The molecule has 7 nitrogen and oxygen atoms in total. The molecule has 0 fully saturated rings. The molecular formula is C25H25N5O2. The number of amides is 3. The van der Waals surface area contributed by atoms with Gasteiger partial charge in [-0.1, -0.05) is 43.3 Å². The number of nitrogens with one attached hydrogen (secondary N) is 3. The van der Waals surface area contributed by atoms with Crippen molar-refractivity contribution < 1.29 is 9.59 Å². The van der Waals surface area contributed by atoms with E-state index in [1.165, 1.54) is 0 Å². The minimum Gasteiger partial charge on any atom is -0.324 e. The first-order chi connectivity index (χ1) is 15.5. The third-order valence-corrected chi connectivity index (χ3v) is 5.15. The Morgan fingerprint density at radius 3 is 2.38 bits per heavy atom. The van der Waals surface area contributed by atoms with Crippen LogP contribution in [0.2, 0.25) is 0 Å². The molecule has 4 rings (SSSR count). The number of carbonyl (C=O) groups excluding carboxylic acids is 2. The summed E-state index contributed by atoms with van der Waals surface area (Å²) in [5.74, 6) is 0.711. The first-order valence-corrected chi connectivity index (χ1v) is 10.5. The molecule has 3 N–H and O–H groups in total. The van der Waals surface area contributed by atoms with Crippen LogP contribution in [0.25, 0.3) is 11.0 Å². The van der Waals surface area contributed by atoms with Crippen LogP contribution >= 0.6 is 0 Å². The number of benzene rings is 3. The van der Waals surface area contributed by atoms with Crippen LogP contribution in [0.4, 0.5) is 21.9 Å². The molecule has 0 aliphatic rings. The van der Waals surface area contributed by atoms with E-state index in [1.54, 1.807) is 12.1 Å². The van der Waals surface area contributed by atoms with E-state index in [0.29, 0.717) is 17.1 Å². The van der Waals surface area contributed by atoms with E-state index in [1.807, 2.05) is 79.1 Å². The van der Waals surface area contributed by atoms with Crippen molar-refractivity contribution in [3.8, 4) is 0 Å². The van der Waals surface area contributed by atoms with Crippen molar-refractivity contribution in [2.24, 2.45) is 0 Å². The second kappa shape index (κ2) is 9.34. The van der Waals surface area contributed by atoms with Gasteiger partial charge in [0.25, 0.3) is 0 Å². The van der Waals surface area contributed by atoms with Gasteiger partial charge in [-0.2, -0.15) is 0 Å². The van der Waals surface area contributed by atoms with Crippen molar-refractivity contribution in [3.05, 3.63) is 84.2 Å². The number of nitrogens with zero attached hydrogens (tertiary/aromatic N) is 2. The predicted octanol–water partition coefficient (Wildman–Crippen LogP) is 5.19. The number of hydrogen-bond acceptors (Lipinski definition) is 3. The van der Waals surface area contributed by atoms with Gasteiger partial charge in [-0.3, -0.25) is 4.79 Å². The Bertz CT molecular complexity index is 1260. The van der Waals surface area contributed by atoms with E-state index >= 15 is 0 Å². The summed E-state index contributed by atoms with van der Waals surface area (Å²) in [5.41, 5.74) is 4.65. The highest BCUT2D eigenvalue weighted by Gasteiger charge is 2.14. The average molecular weight is 428 g/mol. The molecule has 1 aromatic heterocycles. The minimum absolute atomic E-state index is 0.156. The van der Waals surface area contributed by atoms with Gasteiger partial charge in [0.05, 0.1) is 11.0 Å². The van der Waals surface area contributed by atoms with Crippen molar-refractivity contribution in [2.75, 3.05) is 16.0 Å². The lowest BCUT2D eigenvalue weighted by Crippen LogP contribution is -2.21. The van der Waals surface area contributed by atoms with E-state index < -0.39 is 0 Å². The maximum atomic E-state index is 12.9. The van der Waals surface area contributed by atoms with Gasteiger partial charge >= 0.3 is 6.03 Å². The normalized spacial score (nSPS) is 10.7. The lowest BCUT2D eigenvalue weighted by Gasteiger charge is -2.13. The monoisotopic (exact) mass is 427 g/mol. The molecule has 0 unspecified atom stereocenters. The molecule has 0 aliphatic heterocycles. The number of aryl methyl sites for hydroxylation is 2. The Kier molecular flexibility index (Phi) is 6.17. The zero-order valence-corrected chi connectivity index (χ0v) is 18.1. The van der Waals surface area contributed by atoms with E-state index in [0.717, 1.165) is 28.8 Å². The number of para-hydroxylation sites is 3. The van der Waals surface area contributed by atoms with Gasteiger partial charge < -0.3 is 20.5 Å². The summed E-state index contributed by atoms with van der Waals surface area (Å²) in [6.45, 7) is 4.10. The summed E-state index contributed by atoms with van der Waals surface area (Å²) in [6, 6.07) is 22.1. The first kappa shape index (κ1) is 21.1. The third kappa shape index (κ3) is 4.78. The van der Waals surface area contributed by atoms with Crippen molar-refractivity contribution >= 4 is 40.0 Å². The van der Waals surface area contributed by atoms with Crippen LogP contribution in [0.15, 0.2) is 72.8 Å². The fourth-order valence-corrected chi connectivity index (χ4v) is 3.55. The largest absolute Gasteiger partial charge is 0.324 e. The topological polar surface area (TPSA) is 88.1 Å². The molecule has 162 valence electrons. The van der Waals surface area contributed by atoms with Crippen molar-refractivity contribution in [2.45, 2.75) is 26.8 Å². The maximum Gasteiger partial charge on any atom is 0.323 e. The highest BCUT2D eigenvalue weighted by atomic mass is 16.2. The summed E-state index contributed by atoms with van der Waals surface area (Å²) >= 11 is 0. The second-order valence-electron chi connectivity index (χ2n) is 7.48. The molecule has 0 radical (unpaired) electrons. The second-order valence-corrected chi connectivity index (χ2v) is 7.48. The van der Waals surface area contributed by atoms with Gasteiger partial charge in [0, 0.05) is 23.5 Å². The number of urea groups is 1. The number of imidazole rings is 1. The van der Waals surface area contributed by atoms with Crippen LogP contribution in [-0.2, 0) is 17.8 Å². The Hall–Kier alpha value is -4.13. The summed E-state index contributed by atoms with van der Waals surface area (Å²) in [4.78, 5) is 29.8. The summed E-state index contributed by atoms with van der Waals surface area (Å²) in [5, 5.41) is 8.55. The number of anilines is 3. The van der Waals surface area contributed by atoms with Gasteiger partial charge in [-0.05, 0) is 48.9 Å². The molecule has 0 atom stereocenters. The molecule has 0 spiro atoms. The number of fused-ring (bicyclic) bond motifs is 1. The number of carbonyl (C=O) groups is 2. The van der Waals surface area contributed by atoms with Crippen LogP contribution in [-0.4, -0.2) is 21.5 Å². The van der Waals surface area contributed by atoms with Crippen LogP contribution in [0.5, 0.6) is 0 Å². The molecule has 0 saturated heterocycles. The maximum absolute atomic E-state index is 12.9. The highest BCUT2D eigenvalue weighted by Crippen LogP contribution is 2.22. The average Bonchev–Trinajstić information content (AvgIpc) is 3.14. The Labute approximate surface area is 186 Å². The standard InChI is InChI=1S/C25H25N5O2/c1-3-23-28-20-11-7-8-12-22(20)30(23)16-24(31)29-21-15-19(14-13-17(21)2)27-25(32)26-18-9-5-4-6-10-18/h4-15H,3,16H2,1-2H3,(H,29,31)(H2,26,27,32). The Morgan fingerprint density at radius 2 is 1.59 bits per heavy atom. The lowest BCUT2D eigenvalue weighted by molar-refractivity contribution is -0.116. The zero-order valence-electron chi connectivity index (χ0n) is 18.1. The number of hydrogen-bond donors (Lipinski definition) is 3. The highest BCUT2D eigenvalue weighted by molar-refractivity contribution is 6.00. The summed E-state index contributed by atoms with van der Waals surface area (Å²) < 4.78 is 1.94. The molecule has 3 aromatic carbocycles. The van der Waals surface area contributed by atoms with Crippen LogP contribution in [0.1, 0.15) is 18.3 Å². The summed E-state index contributed by atoms with van der Waals surface area (Å²) in [7, 11) is 0. The quantitative estimate of drug-likeness (QED) is 0.396. The van der Waals surface area contributed by atoms with Crippen LogP contribution < -0.4 is 16.0 Å². The number of aromatic nitrogens is 2. The van der Waals surface area contributed by atoms with Gasteiger partial charge in [-0.15, -0.1) is 0 Å². The SMILES string of the molecule is CCc1nc2ccccc2n1CC(=O)Nc1cc(NC(=O)Nc2ccccc2)ccc1C. The zero-order chi connectivity index (χ0) is 22.5. The summed E-state index contributed by atoms with van der Waals surface area (Å²) in [6.07, 6.45) is 0.733. The van der Waals surface area contributed by atoms with Gasteiger partial charge in [0.15, 0.2) is 0 Å². The van der Waals surface area contributed by atoms with Crippen molar-refractivity contribution in [1.82, 2.24) is 9.55 Å². The minimum atomic E-state index is -0.352. The Balaban J connectivity index is 1.46. The molecule has 1 heterocycles. The third-order valence-electron chi connectivity index (χ3n) is 5.15. The van der Waals surface area contributed by atoms with Gasteiger partial charge in [-0.25, -0.2) is 9.78 Å². The first-order valence-electron chi connectivity index (χ1n) is 10.5. The molecule has 0 aliphatic carbocycles. The van der Waals surface area contributed by atoms with E-state index in [2.05, 4.69) is 20.9 Å². The molecule has 3 amide bonds. The van der Waals surface area contributed by atoms with E-state index in [9.17, 15) is 9.59 Å². The van der Waals surface area contributed by atoms with Crippen LogP contribution in [0, 0.1) is 6.92 Å². The Morgan fingerprint density at radius 1 is 0.875 bits per heavy atom. The van der Waals surface area contributed by atoms with E-state index in [4.69, 9.17) is 0 Å². The molecule has 4 aromatic rings. The number of rotatable bonds is 6. The molecule has 7 heteroatoms. The molecule has 32 heavy (non-hydrogen) atoms. The lowest BCUT2D eigenvalue weighted by atomic mass is 10.1. The molecular weight excluding hydrogens is 402 g/mol.